The molecule has 112 valence electrons. The summed E-state index contributed by atoms with van der Waals surface area (Å²) in [5.41, 5.74) is 0. The van der Waals surface area contributed by atoms with Gasteiger partial charge in [0.15, 0.2) is 5.11 Å². The minimum atomic E-state index is 0.685. The molecule has 0 aliphatic rings. The Bertz CT molecular complexity index is 393. The highest BCUT2D eigenvalue weighted by Gasteiger charge is 2.02. The molecule has 0 saturated carbocycles. The van der Waals surface area contributed by atoms with E-state index in [0.29, 0.717) is 5.25 Å². The maximum absolute atomic E-state index is 5.12. The summed E-state index contributed by atoms with van der Waals surface area (Å²) in [6, 6.07) is 8.85. The number of thiocarbonyl (C=S) groups is 1. The highest BCUT2D eigenvalue weighted by Crippen LogP contribution is 2.27. The number of nitrogens with one attached hydrogen (secondary N) is 2. The Labute approximate surface area is 136 Å². The molecular weight excluding hydrogens is 304 g/mol. The number of benzene rings is 1. The fourth-order valence-corrected chi connectivity index (χ4v) is 3.43. The molecule has 0 fully saturated rings. The van der Waals surface area contributed by atoms with Gasteiger partial charge in [-0.15, -0.1) is 23.5 Å². The molecule has 5 heteroatoms. The van der Waals surface area contributed by atoms with Crippen LogP contribution in [0, 0.1) is 0 Å². The van der Waals surface area contributed by atoms with Crippen LogP contribution in [0.3, 0.4) is 0 Å². The van der Waals surface area contributed by atoms with Crippen molar-refractivity contribution >= 4 is 40.9 Å². The Balaban J connectivity index is 2.26. The first kappa shape index (κ1) is 17.7. The van der Waals surface area contributed by atoms with Crippen molar-refractivity contribution in [3.8, 4) is 0 Å². The lowest BCUT2D eigenvalue weighted by Gasteiger charge is -2.10. The number of thioether (sulfide) groups is 2. The zero-order valence-corrected chi connectivity index (χ0v) is 14.9. The summed E-state index contributed by atoms with van der Waals surface area (Å²) >= 11 is 8.92. The third-order valence-corrected chi connectivity index (χ3v) is 5.31. The van der Waals surface area contributed by atoms with E-state index in [1.807, 2.05) is 30.4 Å². The van der Waals surface area contributed by atoms with E-state index >= 15 is 0 Å². The normalized spacial score (nSPS) is 11.9. The predicted molar refractivity (Wildman–Crippen MR) is 97.1 cm³/mol. The van der Waals surface area contributed by atoms with E-state index in [9.17, 15) is 0 Å². The van der Waals surface area contributed by atoms with Gasteiger partial charge in [-0.2, -0.15) is 0 Å². The second-order valence-electron chi connectivity index (χ2n) is 4.44. The van der Waals surface area contributed by atoms with Gasteiger partial charge < -0.3 is 10.6 Å². The van der Waals surface area contributed by atoms with Gasteiger partial charge in [-0.25, -0.2) is 0 Å². The van der Waals surface area contributed by atoms with E-state index in [1.165, 1.54) is 16.2 Å². The fourth-order valence-electron chi connectivity index (χ4n) is 1.49. The van der Waals surface area contributed by atoms with Gasteiger partial charge in [-0.3, -0.25) is 0 Å². The molecule has 0 aromatic heterocycles. The Morgan fingerprint density at radius 3 is 2.40 bits per heavy atom. The number of rotatable bonds is 8. The van der Waals surface area contributed by atoms with E-state index < -0.39 is 0 Å². The molecule has 0 heterocycles. The summed E-state index contributed by atoms with van der Waals surface area (Å²) in [5, 5.41) is 7.71. The topological polar surface area (TPSA) is 24.1 Å². The van der Waals surface area contributed by atoms with E-state index in [0.717, 1.165) is 24.0 Å². The molecule has 1 rings (SSSR count). The smallest absolute Gasteiger partial charge is 0.166 e. The first-order valence-electron chi connectivity index (χ1n) is 7.07. The lowest BCUT2D eigenvalue weighted by Crippen LogP contribution is -2.36. The molecule has 20 heavy (non-hydrogen) atoms. The van der Waals surface area contributed by atoms with Crippen LogP contribution in [0.4, 0.5) is 0 Å². The van der Waals surface area contributed by atoms with Crippen molar-refractivity contribution in [2.45, 2.75) is 42.2 Å². The SMILES string of the molecule is CCNC(=S)NCCSc1ccc(SC(C)CC)cc1. The van der Waals surface area contributed by atoms with Crippen molar-refractivity contribution in [3.63, 3.8) is 0 Å². The molecular formula is C15H24N2S3. The number of hydrogen-bond acceptors (Lipinski definition) is 3. The Kier molecular flexibility index (Phi) is 9.14. The molecule has 0 spiro atoms. The quantitative estimate of drug-likeness (QED) is 0.424. The van der Waals surface area contributed by atoms with E-state index in [-0.39, 0.29) is 0 Å². The van der Waals surface area contributed by atoms with Crippen LogP contribution in [-0.2, 0) is 0 Å². The second-order valence-corrected chi connectivity index (χ2v) is 7.53. The van der Waals surface area contributed by atoms with Crippen molar-refractivity contribution in [3.05, 3.63) is 24.3 Å². The third kappa shape index (κ3) is 7.41. The lowest BCUT2D eigenvalue weighted by molar-refractivity contribution is 0.887. The molecule has 2 nitrogen and oxygen atoms in total. The van der Waals surface area contributed by atoms with Crippen LogP contribution >= 0.6 is 35.7 Å². The standard InChI is InChI=1S/C15H24N2S3/c1-4-12(3)20-14-8-6-13(7-9-14)19-11-10-17-15(18)16-5-2/h6-9,12H,4-5,10-11H2,1-3H3,(H2,16,17,18). The summed E-state index contributed by atoms with van der Waals surface area (Å²) in [5.74, 6) is 1.02. The Hall–Kier alpha value is -0.390. The van der Waals surface area contributed by atoms with Gasteiger partial charge in [0, 0.05) is 33.9 Å². The lowest BCUT2D eigenvalue weighted by atomic mass is 10.4. The van der Waals surface area contributed by atoms with E-state index in [2.05, 4.69) is 48.7 Å². The molecule has 1 aromatic rings. The van der Waals surface area contributed by atoms with Crippen LogP contribution in [0.15, 0.2) is 34.1 Å². The first-order chi connectivity index (χ1) is 9.65. The summed E-state index contributed by atoms with van der Waals surface area (Å²) < 4.78 is 0. The molecule has 1 aromatic carbocycles. The Morgan fingerprint density at radius 1 is 1.15 bits per heavy atom. The fraction of sp³-hybridized carbons (Fsp3) is 0.533. The monoisotopic (exact) mass is 328 g/mol. The minimum Gasteiger partial charge on any atom is -0.363 e. The van der Waals surface area contributed by atoms with Gasteiger partial charge in [0.1, 0.15) is 0 Å². The summed E-state index contributed by atoms with van der Waals surface area (Å²) in [6.07, 6.45) is 1.21. The van der Waals surface area contributed by atoms with Crippen molar-refractivity contribution in [2.75, 3.05) is 18.8 Å². The highest BCUT2D eigenvalue weighted by atomic mass is 32.2. The molecule has 1 atom stereocenters. The maximum atomic E-state index is 5.12. The van der Waals surface area contributed by atoms with Crippen LogP contribution in [-0.4, -0.2) is 29.2 Å². The van der Waals surface area contributed by atoms with Crippen LogP contribution in [0.25, 0.3) is 0 Å². The van der Waals surface area contributed by atoms with Gasteiger partial charge in [-0.1, -0.05) is 13.8 Å². The van der Waals surface area contributed by atoms with Crippen molar-refractivity contribution in [1.29, 1.82) is 0 Å². The molecule has 0 saturated heterocycles. The van der Waals surface area contributed by atoms with Gasteiger partial charge >= 0.3 is 0 Å². The molecule has 1 unspecified atom stereocenters. The van der Waals surface area contributed by atoms with Crippen LogP contribution in [0.1, 0.15) is 27.2 Å². The van der Waals surface area contributed by atoms with Crippen molar-refractivity contribution in [1.82, 2.24) is 10.6 Å². The van der Waals surface area contributed by atoms with E-state index in [1.54, 1.807) is 0 Å². The summed E-state index contributed by atoms with van der Waals surface area (Å²) in [4.78, 5) is 2.67. The molecule has 2 N–H and O–H groups in total. The zero-order chi connectivity index (χ0) is 14.8. The predicted octanol–water partition coefficient (Wildman–Crippen LogP) is 4.15. The van der Waals surface area contributed by atoms with Crippen LogP contribution < -0.4 is 10.6 Å². The van der Waals surface area contributed by atoms with E-state index in [4.69, 9.17) is 12.2 Å². The zero-order valence-electron chi connectivity index (χ0n) is 12.4. The maximum Gasteiger partial charge on any atom is 0.166 e. The minimum absolute atomic E-state index is 0.685. The average Bonchev–Trinajstić information content (AvgIpc) is 2.45. The first-order valence-corrected chi connectivity index (χ1v) is 9.34. The second kappa shape index (κ2) is 10.4. The molecule has 0 aliphatic carbocycles. The summed E-state index contributed by atoms with van der Waals surface area (Å²) in [7, 11) is 0. The van der Waals surface area contributed by atoms with Crippen molar-refractivity contribution < 1.29 is 0 Å². The van der Waals surface area contributed by atoms with Crippen LogP contribution in [0.2, 0.25) is 0 Å². The average molecular weight is 329 g/mol. The Morgan fingerprint density at radius 2 is 1.80 bits per heavy atom. The molecule has 0 radical (unpaired) electrons. The van der Waals surface area contributed by atoms with Crippen LogP contribution in [0.5, 0.6) is 0 Å². The van der Waals surface area contributed by atoms with Crippen molar-refractivity contribution in [2.24, 2.45) is 0 Å². The number of hydrogen-bond donors (Lipinski definition) is 2. The highest BCUT2D eigenvalue weighted by molar-refractivity contribution is 8.00. The molecule has 0 amide bonds. The summed E-state index contributed by atoms with van der Waals surface area (Å²) in [6.45, 7) is 8.30. The van der Waals surface area contributed by atoms with Gasteiger partial charge in [-0.05, 0) is 49.8 Å². The molecule has 0 aliphatic heterocycles. The van der Waals surface area contributed by atoms with Gasteiger partial charge in [0.05, 0.1) is 0 Å². The largest absolute Gasteiger partial charge is 0.363 e. The third-order valence-electron chi connectivity index (χ3n) is 2.73. The molecule has 0 bridgehead atoms. The van der Waals surface area contributed by atoms with Gasteiger partial charge in [0.25, 0.3) is 0 Å². The van der Waals surface area contributed by atoms with Gasteiger partial charge in [0.2, 0.25) is 0 Å².